The Kier molecular flexibility index (Phi) is 5.65. The summed E-state index contributed by atoms with van der Waals surface area (Å²) in [6.07, 6.45) is 2.08. The number of hydrogen-bond donors (Lipinski definition) is 1. The fourth-order valence-corrected chi connectivity index (χ4v) is 4.11. The first-order valence-electron chi connectivity index (χ1n) is 9.40. The molecule has 148 valence electrons. The highest BCUT2D eigenvalue weighted by Crippen LogP contribution is 2.21. The van der Waals surface area contributed by atoms with Crippen molar-refractivity contribution in [2.24, 2.45) is 4.99 Å². The van der Waals surface area contributed by atoms with Crippen LogP contribution in [-0.2, 0) is 6.54 Å². The highest BCUT2D eigenvalue weighted by molar-refractivity contribution is 7.07. The Labute approximate surface area is 177 Å². The Hall–Kier alpha value is -2.70. The minimum Gasteiger partial charge on any atom is -0.349 e. The van der Waals surface area contributed by atoms with Gasteiger partial charge in [0.1, 0.15) is 0 Å². The highest BCUT2D eigenvalue weighted by atomic mass is 35.5. The largest absolute Gasteiger partial charge is 0.349 e. The first-order valence-corrected chi connectivity index (χ1v) is 10.7. The quantitative estimate of drug-likeness (QED) is 0.666. The Morgan fingerprint density at radius 2 is 1.83 bits per heavy atom. The van der Waals surface area contributed by atoms with Gasteiger partial charge in [0.2, 0.25) is 0 Å². The molecule has 1 N–H and O–H groups in total. The van der Waals surface area contributed by atoms with Crippen molar-refractivity contribution < 1.29 is 9.59 Å². The molecule has 1 aliphatic carbocycles. The summed E-state index contributed by atoms with van der Waals surface area (Å²) in [6.45, 7) is 2.42. The average Bonchev–Trinajstić information content (AvgIpc) is 3.47. The van der Waals surface area contributed by atoms with Crippen LogP contribution >= 0.6 is 22.9 Å². The van der Waals surface area contributed by atoms with Crippen molar-refractivity contribution in [3.63, 3.8) is 0 Å². The zero-order chi connectivity index (χ0) is 20.4. The molecule has 2 amide bonds. The van der Waals surface area contributed by atoms with Gasteiger partial charge in [0.15, 0.2) is 4.80 Å². The van der Waals surface area contributed by atoms with Gasteiger partial charge in [-0.1, -0.05) is 41.9 Å². The van der Waals surface area contributed by atoms with Crippen molar-refractivity contribution in [1.29, 1.82) is 0 Å². The highest BCUT2D eigenvalue weighted by Gasteiger charge is 2.24. The molecule has 0 unspecified atom stereocenters. The van der Waals surface area contributed by atoms with Gasteiger partial charge in [0.25, 0.3) is 11.8 Å². The van der Waals surface area contributed by atoms with Gasteiger partial charge >= 0.3 is 0 Å². The minimum absolute atomic E-state index is 0.0535. The van der Waals surface area contributed by atoms with Gasteiger partial charge in [-0.05, 0) is 43.5 Å². The predicted molar refractivity (Wildman–Crippen MR) is 114 cm³/mol. The molecule has 0 atom stereocenters. The number of halogens is 1. The molecule has 5 nitrogen and oxygen atoms in total. The molecule has 0 radical (unpaired) electrons. The maximum Gasteiger partial charge on any atom is 0.281 e. The summed E-state index contributed by atoms with van der Waals surface area (Å²) in [5.74, 6) is -0.437. The van der Waals surface area contributed by atoms with E-state index >= 15 is 0 Å². The van der Waals surface area contributed by atoms with E-state index in [-0.39, 0.29) is 11.8 Å². The van der Waals surface area contributed by atoms with Gasteiger partial charge in [-0.25, -0.2) is 0 Å². The van der Waals surface area contributed by atoms with E-state index in [1.54, 1.807) is 24.3 Å². The summed E-state index contributed by atoms with van der Waals surface area (Å²) in [4.78, 5) is 30.1. The van der Waals surface area contributed by atoms with Gasteiger partial charge < -0.3 is 9.88 Å². The van der Waals surface area contributed by atoms with Crippen LogP contribution in [0.5, 0.6) is 0 Å². The molecule has 2 aromatic carbocycles. The first kappa shape index (κ1) is 19.6. The molecule has 1 fully saturated rings. The molecule has 1 heterocycles. The summed E-state index contributed by atoms with van der Waals surface area (Å²) in [6, 6.07) is 14.7. The lowest BCUT2D eigenvalue weighted by atomic mass is 10.1. The molecule has 3 aromatic rings. The van der Waals surface area contributed by atoms with Crippen molar-refractivity contribution in [3.05, 3.63) is 86.1 Å². The number of aryl methyl sites for hydroxylation is 1. The zero-order valence-electron chi connectivity index (χ0n) is 15.9. The third-order valence-electron chi connectivity index (χ3n) is 4.80. The van der Waals surface area contributed by atoms with Crippen LogP contribution < -0.4 is 10.1 Å². The van der Waals surface area contributed by atoms with E-state index in [0.29, 0.717) is 33.5 Å². The van der Waals surface area contributed by atoms with Gasteiger partial charge in [-0.3, -0.25) is 9.59 Å². The third-order valence-corrected chi connectivity index (χ3v) is 6.11. The van der Waals surface area contributed by atoms with E-state index < -0.39 is 0 Å². The van der Waals surface area contributed by atoms with Gasteiger partial charge in [-0.15, -0.1) is 11.3 Å². The minimum atomic E-state index is -0.383. The second kappa shape index (κ2) is 8.35. The number of hydrogen-bond acceptors (Lipinski definition) is 3. The zero-order valence-corrected chi connectivity index (χ0v) is 17.5. The lowest BCUT2D eigenvalue weighted by molar-refractivity contribution is 0.0948. The predicted octanol–water partition coefficient (Wildman–Crippen LogP) is 4.19. The monoisotopic (exact) mass is 425 g/mol. The van der Waals surface area contributed by atoms with Crippen LogP contribution in [0.25, 0.3) is 0 Å². The number of carbonyl (C=O) groups is 2. The molecule has 4 rings (SSSR count). The summed E-state index contributed by atoms with van der Waals surface area (Å²) < 4.78 is 1.95. The third kappa shape index (κ3) is 4.49. The molecule has 0 aliphatic heterocycles. The van der Waals surface area contributed by atoms with Crippen LogP contribution in [-0.4, -0.2) is 22.4 Å². The molecular formula is C22H20ClN3O2S. The molecule has 1 aliphatic rings. The number of nitrogens with one attached hydrogen (secondary N) is 1. The van der Waals surface area contributed by atoms with E-state index in [0.717, 1.165) is 24.1 Å². The number of amides is 2. The summed E-state index contributed by atoms with van der Waals surface area (Å²) >= 11 is 7.52. The topological polar surface area (TPSA) is 63.5 Å². The van der Waals surface area contributed by atoms with E-state index in [1.807, 2.05) is 41.1 Å². The summed E-state index contributed by atoms with van der Waals surface area (Å²) in [7, 11) is 0. The van der Waals surface area contributed by atoms with Crippen molar-refractivity contribution in [1.82, 2.24) is 9.88 Å². The SMILES string of the molecule is Cc1csc(=NC(=O)c2ccccc2Cl)n1Cc1ccccc1C(=O)NC1CC1. The van der Waals surface area contributed by atoms with E-state index in [1.165, 1.54) is 11.3 Å². The van der Waals surface area contributed by atoms with Gasteiger partial charge in [0, 0.05) is 22.7 Å². The first-order chi connectivity index (χ1) is 14.0. The fraction of sp³-hybridized carbons (Fsp3) is 0.227. The van der Waals surface area contributed by atoms with Crippen molar-refractivity contribution >= 4 is 34.8 Å². The smallest absolute Gasteiger partial charge is 0.281 e. The number of thiazole rings is 1. The molecule has 1 saturated carbocycles. The normalized spacial score (nSPS) is 14.1. The summed E-state index contributed by atoms with van der Waals surface area (Å²) in [5.41, 5.74) is 2.88. The average molecular weight is 426 g/mol. The number of rotatable bonds is 5. The molecule has 7 heteroatoms. The van der Waals surface area contributed by atoms with E-state index in [4.69, 9.17) is 11.6 Å². The standard InChI is InChI=1S/C22H20ClN3O2S/c1-14-13-29-22(25-21(28)18-8-4-5-9-19(18)23)26(14)12-15-6-2-3-7-17(15)20(27)24-16-10-11-16/h2-9,13,16H,10-12H2,1H3,(H,24,27). The molecule has 29 heavy (non-hydrogen) atoms. The Morgan fingerprint density at radius 1 is 1.14 bits per heavy atom. The van der Waals surface area contributed by atoms with E-state index in [9.17, 15) is 9.59 Å². The van der Waals surface area contributed by atoms with Gasteiger partial charge in [0.05, 0.1) is 17.1 Å². The lowest BCUT2D eigenvalue weighted by Crippen LogP contribution is -2.27. The van der Waals surface area contributed by atoms with E-state index in [2.05, 4.69) is 10.3 Å². The molecular weight excluding hydrogens is 406 g/mol. The van der Waals surface area contributed by atoms with Crippen LogP contribution in [0.1, 0.15) is 44.8 Å². The Bertz CT molecular complexity index is 1140. The van der Waals surface area contributed by atoms with Crippen LogP contribution in [0, 0.1) is 6.92 Å². The summed E-state index contributed by atoms with van der Waals surface area (Å²) in [5, 5.41) is 5.37. The van der Waals surface area contributed by atoms with Crippen molar-refractivity contribution in [2.75, 3.05) is 0 Å². The molecule has 0 saturated heterocycles. The maximum absolute atomic E-state index is 12.6. The Balaban J connectivity index is 1.66. The van der Waals surface area contributed by atoms with Crippen LogP contribution in [0.3, 0.4) is 0 Å². The second-order valence-electron chi connectivity index (χ2n) is 7.05. The second-order valence-corrected chi connectivity index (χ2v) is 8.29. The number of aromatic nitrogens is 1. The molecule has 0 spiro atoms. The van der Waals surface area contributed by atoms with Gasteiger partial charge in [-0.2, -0.15) is 4.99 Å². The number of carbonyl (C=O) groups excluding carboxylic acids is 2. The fourth-order valence-electron chi connectivity index (χ4n) is 3.02. The lowest BCUT2D eigenvalue weighted by Gasteiger charge is -2.12. The van der Waals surface area contributed by atoms with Crippen molar-refractivity contribution in [3.8, 4) is 0 Å². The van der Waals surface area contributed by atoms with Crippen molar-refractivity contribution in [2.45, 2.75) is 32.4 Å². The van der Waals surface area contributed by atoms with Crippen LogP contribution in [0.2, 0.25) is 5.02 Å². The number of benzene rings is 2. The Morgan fingerprint density at radius 3 is 2.55 bits per heavy atom. The van der Waals surface area contributed by atoms with Crippen LogP contribution in [0.4, 0.5) is 0 Å². The maximum atomic E-state index is 12.6. The van der Waals surface area contributed by atoms with Crippen LogP contribution in [0.15, 0.2) is 58.9 Å². The molecule has 1 aromatic heterocycles. The molecule has 0 bridgehead atoms. The number of nitrogens with zero attached hydrogens (tertiary/aromatic N) is 2.